The average molecular weight is 381 g/mol. The molecule has 6 nitrogen and oxygen atoms in total. The number of piperazine rings is 1. The van der Waals surface area contributed by atoms with Crippen LogP contribution in [-0.4, -0.2) is 61.4 Å². The van der Waals surface area contributed by atoms with Gasteiger partial charge in [-0.2, -0.15) is 0 Å². The fourth-order valence-electron chi connectivity index (χ4n) is 3.68. The summed E-state index contributed by atoms with van der Waals surface area (Å²) in [6, 6.07) is 15.9. The van der Waals surface area contributed by atoms with Gasteiger partial charge in [0.15, 0.2) is 0 Å². The van der Waals surface area contributed by atoms with Gasteiger partial charge in [-0.05, 0) is 17.2 Å². The van der Waals surface area contributed by atoms with E-state index in [2.05, 4.69) is 34.5 Å². The number of benzene rings is 2. The van der Waals surface area contributed by atoms with Gasteiger partial charge in [0, 0.05) is 45.7 Å². The van der Waals surface area contributed by atoms with Gasteiger partial charge in [0.2, 0.25) is 11.8 Å². The summed E-state index contributed by atoms with van der Waals surface area (Å²) in [5, 5.41) is 2.67. The maximum atomic E-state index is 12.2. The number of rotatable bonds is 5. The fraction of sp³-hybridized carbons (Fsp3) is 0.364. The zero-order valence-electron chi connectivity index (χ0n) is 16.6. The van der Waals surface area contributed by atoms with Crippen LogP contribution < -0.4 is 10.1 Å². The fourth-order valence-corrected chi connectivity index (χ4v) is 3.68. The van der Waals surface area contributed by atoms with Gasteiger partial charge >= 0.3 is 0 Å². The van der Waals surface area contributed by atoms with E-state index in [-0.39, 0.29) is 11.8 Å². The molecule has 1 fully saturated rings. The van der Waals surface area contributed by atoms with Crippen LogP contribution in [0.1, 0.15) is 12.5 Å². The molecule has 1 aliphatic heterocycles. The lowest BCUT2D eigenvalue weighted by molar-refractivity contribution is -0.142. The minimum atomic E-state index is -0.441. The first-order chi connectivity index (χ1) is 13.5. The molecule has 148 valence electrons. The van der Waals surface area contributed by atoms with Gasteiger partial charge in [0.25, 0.3) is 0 Å². The molecular weight excluding hydrogens is 354 g/mol. The van der Waals surface area contributed by atoms with Crippen LogP contribution in [0.3, 0.4) is 0 Å². The highest BCUT2D eigenvalue weighted by atomic mass is 16.5. The summed E-state index contributed by atoms with van der Waals surface area (Å²) < 4.78 is 5.45. The molecule has 2 aromatic rings. The lowest BCUT2D eigenvalue weighted by Gasteiger charge is -2.40. The van der Waals surface area contributed by atoms with Crippen LogP contribution in [0.2, 0.25) is 0 Å². The Morgan fingerprint density at radius 1 is 1.11 bits per heavy atom. The summed E-state index contributed by atoms with van der Waals surface area (Å²) in [6.45, 7) is 4.11. The van der Waals surface area contributed by atoms with Crippen molar-refractivity contribution in [1.29, 1.82) is 0 Å². The topological polar surface area (TPSA) is 61.9 Å². The lowest BCUT2D eigenvalue weighted by atomic mass is 10.0. The molecule has 1 atom stereocenters. The van der Waals surface area contributed by atoms with Gasteiger partial charge in [0.05, 0.1) is 7.11 Å². The number of amides is 2. The van der Waals surface area contributed by atoms with E-state index in [1.807, 2.05) is 24.3 Å². The van der Waals surface area contributed by atoms with Crippen molar-refractivity contribution in [1.82, 2.24) is 15.1 Å². The molecule has 1 aliphatic rings. The molecule has 1 heterocycles. The molecule has 1 N–H and O–H groups in total. The zero-order valence-corrected chi connectivity index (χ0v) is 16.6. The van der Waals surface area contributed by atoms with E-state index in [4.69, 9.17) is 4.74 Å². The smallest absolute Gasteiger partial charge is 0.243 e. The Labute approximate surface area is 166 Å². The number of nitrogens with one attached hydrogen (secondary N) is 1. The Balaban J connectivity index is 1.70. The van der Waals surface area contributed by atoms with Gasteiger partial charge in [-0.3, -0.25) is 14.5 Å². The number of para-hydroxylation sites is 1. The zero-order chi connectivity index (χ0) is 20.1. The Kier molecular flexibility index (Phi) is 6.31. The molecule has 0 aromatic heterocycles. The maximum Gasteiger partial charge on any atom is 0.243 e. The largest absolute Gasteiger partial charge is 0.496 e. The van der Waals surface area contributed by atoms with Crippen molar-refractivity contribution in [2.75, 3.05) is 33.8 Å². The van der Waals surface area contributed by atoms with Crippen molar-refractivity contribution in [3.05, 3.63) is 54.1 Å². The van der Waals surface area contributed by atoms with Crippen LogP contribution >= 0.6 is 0 Å². The second kappa shape index (κ2) is 8.89. The molecule has 1 saturated heterocycles. The SMILES string of the molecule is CNC(=O)[C@@H]1CN(Cc2ccc(-c3ccccc3OC)cc2)CCN1C(C)=O. The Morgan fingerprint density at radius 2 is 1.82 bits per heavy atom. The molecule has 0 bridgehead atoms. The van der Waals surface area contributed by atoms with Crippen molar-refractivity contribution in [3.63, 3.8) is 0 Å². The summed E-state index contributed by atoms with van der Waals surface area (Å²) in [5.74, 6) is 0.671. The molecular formula is C22H27N3O3. The molecule has 0 radical (unpaired) electrons. The van der Waals surface area contributed by atoms with Gasteiger partial charge in [-0.15, -0.1) is 0 Å². The van der Waals surface area contributed by atoms with Crippen molar-refractivity contribution < 1.29 is 14.3 Å². The second-order valence-electron chi connectivity index (χ2n) is 6.97. The normalized spacial score (nSPS) is 17.2. The van der Waals surface area contributed by atoms with E-state index in [1.54, 1.807) is 19.1 Å². The van der Waals surface area contributed by atoms with Crippen LogP contribution in [-0.2, 0) is 16.1 Å². The lowest BCUT2D eigenvalue weighted by Crippen LogP contribution is -2.59. The summed E-state index contributed by atoms with van der Waals surface area (Å²) in [6.07, 6.45) is 0. The third kappa shape index (κ3) is 4.34. The van der Waals surface area contributed by atoms with E-state index in [9.17, 15) is 9.59 Å². The first-order valence-electron chi connectivity index (χ1n) is 9.47. The number of carbonyl (C=O) groups is 2. The molecule has 0 spiro atoms. The number of methoxy groups -OCH3 is 1. The molecule has 3 rings (SSSR count). The number of hydrogen-bond donors (Lipinski definition) is 1. The van der Waals surface area contributed by atoms with Crippen molar-refractivity contribution in [2.24, 2.45) is 0 Å². The molecule has 28 heavy (non-hydrogen) atoms. The monoisotopic (exact) mass is 381 g/mol. The van der Waals surface area contributed by atoms with Crippen LogP contribution in [0.5, 0.6) is 5.75 Å². The van der Waals surface area contributed by atoms with E-state index >= 15 is 0 Å². The second-order valence-corrected chi connectivity index (χ2v) is 6.97. The Morgan fingerprint density at radius 3 is 2.46 bits per heavy atom. The van der Waals surface area contributed by atoms with Crippen LogP contribution in [0.25, 0.3) is 11.1 Å². The highest BCUT2D eigenvalue weighted by Gasteiger charge is 2.33. The Hall–Kier alpha value is -2.86. The first-order valence-corrected chi connectivity index (χ1v) is 9.47. The molecule has 6 heteroatoms. The maximum absolute atomic E-state index is 12.2. The Bertz CT molecular complexity index is 835. The number of ether oxygens (including phenoxy) is 1. The molecule has 2 amide bonds. The summed E-state index contributed by atoms with van der Waals surface area (Å²) in [4.78, 5) is 27.9. The van der Waals surface area contributed by atoms with Crippen LogP contribution in [0, 0.1) is 0 Å². The van der Waals surface area contributed by atoms with Crippen LogP contribution in [0.4, 0.5) is 0 Å². The van der Waals surface area contributed by atoms with Crippen molar-refractivity contribution in [3.8, 4) is 16.9 Å². The van der Waals surface area contributed by atoms with E-state index in [0.717, 1.165) is 30.0 Å². The summed E-state index contributed by atoms with van der Waals surface area (Å²) in [5.41, 5.74) is 3.34. The quantitative estimate of drug-likeness (QED) is 0.862. The first kappa shape index (κ1) is 19.9. The van der Waals surface area contributed by atoms with Crippen molar-refractivity contribution in [2.45, 2.75) is 19.5 Å². The van der Waals surface area contributed by atoms with E-state index < -0.39 is 6.04 Å². The number of nitrogens with zero attached hydrogens (tertiary/aromatic N) is 2. The highest BCUT2D eigenvalue weighted by molar-refractivity contribution is 5.87. The van der Waals surface area contributed by atoms with Crippen molar-refractivity contribution >= 4 is 11.8 Å². The third-order valence-electron chi connectivity index (χ3n) is 5.20. The van der Waals surface area contributed by atoms with Gasteiger partial charge in [-0.1, -0.05) is 42.5 Å². The van der Waals surface area contributed by atoms with E-state index in [1.165, 1.54) is 12.5 Å². The highest BCUT2D eigenvalue weighted by Crippen LogP contribution is 2.29. The minimum Gasteiger partial charge on any atom is -0.496 e. The summed E-state index contributed by atoms with van der Waals surface area (Å²) >= 11 is 0. The van der Waals surface area contributed by atoms with E-state index in [0.29, 0.717) is 13.1 Å². The van der Waals surface area contributed by atoms with Crippen LogP contribution in [0.15, 0.2) is 48.5 Å². The predicted octanol–water partition coefficient (Wildman–Crippen LogP) is 2.14. The predicted molar refractivity (Wildman–Crippen MR) is 109 cm³/mol. The number of carbonyl (C=O) groups excluding carboxylic acids is 2. The third-order valence-corrected chi connectivity index (χ3v) is 5.20. The number of likely N-dealkylation sites (N-methyl/N-ethyl adjacent to an activating group) is 1. The summed E-state index contributed by atoms with van der Waals surface area (Å²) in [7, 11) is 3.28. The number of hydrogen-bond acceptors (Lipinski definition) is 4. The average Bonchev–Trinajstić information content (AvgIpc) is 2.73. The molecule has 0 aliphatic carbocycles. The molecule has 0 saturated carbocycles. The minimum absolute atomic E-state index is 0.0607. The molecule has 0 unspecified atom stereocenters. The standard InChI is InChI=1S/C22H27N3O3/c1-16(26)25-13-12-24(15-20(25)22(27)23-2)14-17-8-10-18(11-9-17)19-6-4-5-7-21(19)28-3/h4-11,20H,12-15H2,1-3H3,(H,23,27)/t20-/m0/s1. The van der Waals surface area contributed by atoms with Gasteiger partial charge < -0.3 is 15.0 Å². The molecule has 2 aromatic carbocycles. The van der Waals surface area contributed by atoms with Gasteiger partial charge in [0.1, 0.15) is 11.8 Å². The van der Waals surface area contributed by atoms with Gasteiger partial charge in [-0.25, -0.2) is 0 Å².